The molecule has 0 heterocycles. The number of benzene rings is 2. The molecule has 0 spiro atoms. The van der Waals surface area contributed by atoms with E-state index in [1.807, 2.05) is 4.72 Å². The second kappa shape index (κ2) is 6.97. The van der Waals surface area contributed by atoms with Crippen molar-refractivity contribution in [3.05, 3.63) is 64.4 Å². The number of hydrogen-bond acceptors (Lipinski definition) is 4. The van der Waals surface area contributed by atoms with Gasteiger partial charge in [-0.05, 0) is 36.4 Å². The number of halogens is 2. The van der Waals surface area contributed by atoms with Gasteiger partial charge >= 0.3 is 0 Å². The molecule has 0 aromatic heterocycles. The summed E-state index contributed by atoms with van der Waals surface area (Å²) in [5.74, 6) is -0.792. The Morgan fingerprint density at radius 3 is 2.43 bits per heavy atom. The van der Waals surface area contributed by atoms with Gasteiger partial charge in [-0.3, -0.25) is 4.79 Å². The van der Waals surface area contributed by atoms with Gasteiger partial charge in [0.1, 0.15) is 18.2 Å². The summed E-state index contributed by atoms with van der Waals surface area (Å²) in [7, 11) is -3.62. The summed E-state index contributed by atoms with van der Waals surface area (Å²) in [6.45, 7) is -0.00210. The van der Waals surface area contributed by atoms with E-state index in [0.717, 1.165) is 6.26 Å². The third-order valence-corrected chi connectivity index (χ3v) is 3.60. The molecule has 5 nitrogen and oxygen atoms in total. The molecule has 0 unspecified atom stereocenters. The molecule has 0 saturated heterocycles. The molecule has 0 bridgehead atoms. The first-order chi connectivity index (χ1) is 10.7. The molecular formula is C15H13ClFNO4S. The van der Waals surface area contributed by atoms with E-state index in [1.54, 1.807) is 6.07 Å². The minimum atomic E-state index is -3.62. The summed E-state index contributed by atoms with van der Waals surface area (Å²) >= 11 is 5.67. The molecule has 0 atom stereocenters. The minimum absolute atomic E-state index is 0.00210. The Labute approximate surface area is 138 Å². The molecule has 0 aliphatic carbocycles. The first kappa shape index (κ1) is 17.2. The highest BCUT2D eigenvalue weighted by Gasteiger charge is 2.11. The zero-order chi connectivity index (χ0) is 17.0. The van der Waals surface area contributed by atoms with E-state index >= 15 is 0 Å². The molecule has 2 aromatic carbocycles. The molecular weight excluding hydrogens is 345 g/mol. The van der Waals surface area contributed by atoms with Crippen molar-refractivity contribution in [2.24, 2.45) is 0 Å². The lowest BCUT2D eigenvalue weighted by Gasteiger charge is -2.08. The third-order valence-electron chi connectivity index (χ3n) is 2.80. The molecule has 122 valence electrons. The minimum Gasteiger partial charge on any atom is -0.489 e. The lowest BCUT2D eigenvalue weighted by atomic mass is 10.2. The monoisotopic (exact) mass is 357 g/mol. The second-order valence-electron chi connectivity index (χ2n) is 4.75. The van der Waals surface area contributed by atoms with E-state index in [0.29, 0.717) is 16.3 Å². The molecule has 23 heavy (non-hydrogen) atoms. The fourth-order valence-electron chi connectivity index (χ4n) is 1.73. The Kier molecular flexibility index (Phi) is 5.23. The lowest BCUT2D eigenvalue weighted by Crippen LogP contribution is -2.29. The summed E-state index contributed by atoms with van der Waals surface area (Å²) < 4.78 is 42.9. The first-order valence-electron chi connectivity index (χ1n) is 6.43. The van der Waals surface area contributed by atoms with Crippen LogP contribution in [0.1, 0.15) is 15.9 Å². The number of amides is 1. The van der Waals surface area contributed by atoms with Crippen LogP contribution in [0.2, 0.25) is 5.02 Å². The van der Waals surface area contributed by atoms with Gasteiger partial charge in [0.2, 0.25) is 10.0 Å². The van der Waals surface area contributed by atoms with Crippen molar-refractivity contribution in [3.8, 4) is 5.75 Å². The quantitative estimate of drug-likeness (QED) is 0.893. The smallest absolute Gasteiger partial charge is 0.264 e. The van der Waals surface area contributed by atoms with Crippen LogP contribution in [0.15, 0.2) is 42.5 Å². The molecule has 0 radical (unpaired) electrons. The highest BCUT2D eigenvalue weighted by Crippen LogP contribution is 2.18. The summed E-state index contributed by atoms with van der Waals surface area (Å²) in [5.41, 5.74) is 0.508. The molecule has 2 aromatic rings. The number of sulfonamides is 1. The van der Waals surface area contributed by atoms with Crippen molar-refractivity contribution < 1.29 is 22.3 Å². The molecule has 0 fully saturated rings. The summed E-state index contributed by atoms with van der Waals surface area (Å²) in [4.78, 5) is 11.6. The number of carbonyl (C=O) groups is 1. The third kappa shape index (κ3) is 5.22. The van der Waals surface area contributed by atoms with Crippen molar-refractivity contribution in [1.29, 1.82) is 0 Å². The van der Waals surface area contributed by atoms with Crippen molar-refractivity contribution in [2.45, 2.75) is 6.61 Å². The van der Waals surface area contributed by atoms with Crippen LogP contribution in [0.4, 0.5) is 4.39 Å². The molecule has 8 heteroatoms. The summed E-state index contributed by atoms with van der Waals surface area (Å²) in [6.07, 6.45) is 0.892. The average molecular weight is 358 g/mol. The number of hydrogen-bond donors (Lipinski definition) is 1. The zero-order valence-corrected chi connectivity index (χ0v) is 13.6. The van der Waals surface area contributed by atoms with E-state index in [4.69, 9.17) is 16.3 Å². The zero-order valence-electron chi connectivity index (χ0n) is 12.0. The van der Waals surface area contributed by atoms with Gasteiger partial charge in [-0.2, -0.15) is 0 Å². The van der Waals surface area contributed by atoms with Gasteiger partial charge < -0.3 is 4.74 Å². The van der Waals surface area contributed by atoms with Gasteiger partial charge in [-0.25, -0.2) is 17.5 Å². The first-order valence-corrected chi connectivity index (χ1v) is 8.70. The molecule has 0 aliphatic heterocycles. The van der Waals surface area contributed by atoms with Crippen molar-refractivity contribution >= 4 is 27.5 Å². The van der Waals surface area contributed by atoms with Crippen molar-refractivity contribution in [2.75, 3.05) is 6.26 Å². The predicted molar refractivity (Wildman–Crippen MR) is 84.5 cm³/mol. The number of nitrogens with one attached hydrogen (secondary N) is 1. The Balaban J connectivity index is 2.01. The maximum Gasteiger partial charge on any atom is 0.264 e. The highest BCUT2D eigenvalue weighted by atomic mass is 35.5. The fourth-order valence-corrected chi connectivity index (χ4v) is 2.34. The predicted octanol–water partition coefficient (Wildman–Crippen LogP) is 2.75. The standard InChI is InChI=1S/C15H13ClFNO4S/c1-23(20,21)18-15(19)10-3-6-13(7-4-10)22-9-11-2-5-12(16)8-14(11)17/h2-8H,9H2,1H3,(H,18,19). The normalized spacial score (nSPS) is 11.1. The average Bonchev–Trinajstić information content (AvgIpc) is 2.45. The summed E-state index contributed by atoms with van der Waals surface area (Å²) in [6, 6.07) is 10.1. The molecule has 0 aliphatic rings. The van der Waals surface area contributed by atoms with E-state index in [1.165, 1.54) is 36.4 Å². The Bertz CT molecular complexity index is 822. The van der Waals surface area contributed by atoms with E-state index < -0.39 is 21.7 Å². The van der Waals surface area contributed by atoms with Gasteiger partial charge in [-0.15, -0.1) is 0 Å². The Morgan fingerprint density at radius 2 is 1.87 bits per heavy atom. The highest BCUT2D eigenvalue weighted by molar-refractivity contribution is 7.89. The Morgan fingerprint density at radius 1 is 1.22 bits per heavy atom. The van der Waals surface area contributed by atoms with Gasteiger partial charge in [0, 0.05) is 16.1 Å². The Hall–Kier alpha value is -2.12. The van der Waals surface area contributed by atoms with Crippen LogP contribution in [0.5, 0.6) is 5.75 Å². The topological polar surface area (TPSA) is 72.5 Å². The van der Waals surface area contributed by atoms with E-state index in [-0.39, 0.29) is 12.2 Å². The van der Waals surface area contributed by atoms with Crippen LogP contribution < -0.4 is 9.46 Å². The molecule has 1 amide bonds. The van der Waals surface area contributed by atoms with E-state index in [9.17, 15) is 17.6 Å². The van der Waals surface area contributed by atoms with Crippen LogP contribution in [-0.4, -0.2) is 20.6 Å². The van der Waals surface area contributed by atoms with Gasteiger partial charge in [0.05, 0.1) is 6.26 Å². The van der Waals surface area contributed by atoms with Crippen molar-refractivity contribution in [3.63, 3.8) is 0 Å². The number of carbonyl (C=O) groups excluding carboxylic acids is 1. The van der Waals surface area contributed by atoms with Crippen LogP contribution >= 0.6 is 11.6 Å². The van der Waals surface area contributed by atoms with Crippen LogP contribution in [0, 0.1) is 5.82 Å². The fraction of sp³-hybridized carbons (Fsp3) is 0.133. The molecule has 1 N–H and O–H groups in total. The van der Waals surface area contributed by atoms with Crippen LogP contribution in [0.3, 0.4) is 0 Å². The largest absolute Gasteiger partial charge is 0.489 e. The van der Waals surface area contributed by atoms with Crippen molar-refractivity contribution in [1.82, 2.24) is 4.72 Å². The van der Waals surface area contributed by atoms with E-state index in [2.05, 4.69) is 0 Å². The lowest BCUT2D eigenvalue weighted by molar-refractivity contribution is 0.0981. The molecule has 2 rings (SSSR count). The number of ether oxygens (including phenoxy) is 1. The van der Waals surface area contributed by atoms with Gasteiger partial charge in [0.25, 0.3) is 5.91 Å². The summed E-state index contributed by atoms with van der Waals surface area (Å²) in [5, 5.41) is 0.299. The van der Waals surface area contributed by atoms with Gasteiger partial charge in [-0.1, -0.05) is 17.7 Å². The molecule has 0 saturated carbocycles. The SMILES string of the molecule is CS(=O)(=O)NC(=O)c1ccc(OCc2ccc(Cl)cc2F)cc1. The van der Waals surface area contributed by atoms with Gasteiger partial charge in [0.15, 0.2) is 0 Å². The maximum absolute atomic E-state index is 13.6. The maximum atomic E-state index is 13.6. The van der Waals surface area contributed by atoms with Crippen LogP contribution in [0.25, 0.3) is 0 Å². The number of rotatable bonds is 5. The van der Waals surface area contributed by atoms with Crippen LogP contribution in [-0.2, 0) is 16.6 Å². The second-order valence-corrected chi connectivity index (χ2v) is 6.94.